The van der Waals surface area contributed by atoms with Crippen LogP contribution in [0.5, 0.6) is 0 Å². The van der Waals surface area contributed by atoms with Crippen LogP contribution in [0.4, 0.5) is 26.2 Å². The number of primary amides is 1. The zero-order valence-corrected chi connectivity index (χ0v) is 16.8. The fourth-order valence-corrected chi connectivity index (χ4v) is 3.83. The van der Waals surface area contributed by atoms with Gasteiger partial charge >= 0.3 is 6.55 Å². The number of nitrogens with zero attached hydrogens (tertiary/aromatic N) is 5. The second-order valence-electron chi connectivity index (χ2n) is 7.61. The number of alkyl halides is 2. The Morgan fingerprint density at radius 1 is 1.26 bits per heavy atom. The Morgan fingerprint density at radius 3 is 2.74 bits per heavy atom. The number of anilines is 3. The molecule has 0 bridgehead atoms. The van der Waals surface area contributed by atoms with Crippen molar-refractivity contribution in [1.82, 2.24) is 25.0 Å². The van der Waals surface area contributed by atoms with E-state index in [2.05, 4.69) is 30.9 Å². The van der Waals surface area contributed by atoms with E-state index in [-0.39, 0.29) is 35.1 Å². The maximum Gasteiger partial charge on any atom is 0.333 e. The molecule has 0 aliphatic heterocycles. The van der Waals surface area contributed by atoms with Crippen LogP contribution in [0.1, 0.15) is 48.3 Å². The van der Waals surface area contributed by atoms with E-state index in [9.17, 15) is 13.6 Å². The summed E-state index contributed by atoms with van der Waals surface area (Å²) in [6.45, 7) is -1.01. The van der Waals surface area contributed by atoms with E-state index in [0.717, 1.165) is 31.2 Å². The molecule has 2 atom stereocenters. The molecule has 1 fully saturated rings. The van der Waals surface area contributed by atoms with E-state index >= 15 is 0 Å². The van der Waals surface area contributed by atoms with Crippen LogP contribution in [-0.4, -0.2) is 43.0 Å². The molecule has 2 aromatic heterocycles. The van der Waals surface area contributed by atoms with Crippen molar-refractivity contribution in [2.75, 3.05) is 10.6 Å². The second-order valence-corrected chi connectivity index (χ2v) is 7.61. The highest BCUT2D eigenvalue weighted by Crippen LogP contribution is 2.29. The number of aromatic nitrogens is 5. The van der Waals surface area contributed by atoms with Gasteiger partial charge in [-0.05, 0) is 37.5 Å². The zero-order valence-electron chi connectivity index (χ0n) is 16.8. The lowest BCUT2D eigenvalue weighted by Gasteiger charge is -2.29. The molecule has 1 aliphatic rings. The third-order valence-electron chi connectivity index (χ3n) is 5.42. The Balaban J connectivity index is 1.68. The van der Waals surface area contributed by atoms with Crippen LogP contribution in [0.3, 0.4) is 0 Å². The van der Waals surface area contributed by atoms with Gasteiger partial charge in [0, 0.05) is 23.2 Å². The number of rotatable bonds is 6. The van der Waals surface area contributed by atoms with Crippen LogP contribution in [0.25, 0.3) is 10.9 Å². The van der Waals surface area contributed by atoms with Gasteiger partial charge in [0.2, 0.25) is 5.95 Å². The molecule has 0 unspecified atom stereocenters. The maximum absolute atomic E-state index is 13.3. The minimum absolute atomic E-state index is 0.0122. The largest absolute Gasteiger partial charge is 0.364 e. The van der Waals surface area contributed by atoms with Gasteiger partial charge in [-0.3, -0.25) is 4.79 Å². The first-order chi connectivity index (χ1) is 14.8. The number of halogens is 2. The molecule has 1 aromatic carbocycles. The van der Waals surface area contributed by atoms with Crippen LogP contribution >= 0.6 is 0 Å². The van der Waals surface area contributed by atoms with Gasteiger partial charge in [0.15, 0.2) is 11.5 Å². The van der Waals surface area contributed by atoms with Gasteiger partial charge in [0.25, 0.3) is 5.91 Å². The fourth-order valence-electron chi connectivity index (χ4n) is 3.83. The van der Waals surface area contributed by atoms with Crippen molar-refractivity contribution in [2.45, 2.75) is 51.2 Å². The van der Waals surface area contributed by atoms with Crippen LogP contribution in [0.15, 0.2) is 18.3 Å². The predicted molar refractivity (Wildman–Crippen MR) is 111 cm³/mol. The number of benzene rings is 1. The Kier molecular flexibility index (Phi) is 5.63. The summed E-state index contributed by atoms with van der Waals surface area (Å²) in [6, 6.07) is 3.18. The zero-order chi connectivity index (χ0) is 22.1. The lowest BCUT2D eigenvalue weighted by Crippen LogP contribution is -2.43. The molecule has 1 amide bonds. The van der Waals surface area contributed by atoms with Crippen molar-refractivity contribution in [1.29, 1.82) is 0 Å². The van der Waals surface area contributed by atoms with E-state index in [1.54, 1.807) is 13.0 Å². The topological polar surface area (TPSA) is 150 Å². The van der Waals surface area contributed by atoms with Gasteiger partial charge in [-0.15, -0.1) is 10.2 Å². The van der Waals surface area contributed by atoms with Crippen molar-refractivity contribution in [3.63, 3.8) is 0 Å². The molecule has 12 heteroatoms. The van der Waals surface area contributed by atoms with Gasteiger partial charge < -0.3 is 22.1 Å². The van der Waals surface area contributed by atoms with Crippen molar-refractivity contribution < 1.29 is 13.6 Å². The number of aryl methyl sites for hydroxylation is 1. The number of amides is 1. The van der Waals surface area contributed by atoms with Gasteiger partial charge in [0.05, 0.1) is 11.7 Å². The SMILES string of the molecule is Cc1cc(Nc2nc(N[C@@H]3CCCC[C@@H]3N)nnc2C(N)=O)cc2c1cnn2C(F)F. The van der Waals surface area contributed by atoms with E-state index < -0.39 is 12.5 Å². The van der Waals surface area contributed by atoms with Gasteiger partial charge in [0.1, 0.15) is 0 Å². The number of hydrogen-bond acceptors (Lipinski definition) is 8. The number of carbonyl (C=O) groups excluding carboxylic acids is 1. The lowest BCUT2D eigenvalue weighted by molar-refractivity contribution is 0.0615. The molecule has 1 aliphatic carbocycles. The minimum Gasteiger partial charge on any atom is -0.364 e. The third-order valence-corrected chi connectivity index (χ3v) is 5.42. The van der Waals surface area contributed by atoms with E-state index in [1.807, 2.05) is 0 Å². The monoisotopic (exact) mass is 431 g/mol. The number of carbonyl (C=O) groups is 1. The fraction of sp³-hybridized carbons (Fsp3) is 0.421. The van der Waals surface area contributed by atoms with Crippen LogP contribution < -0.4 is 22.1 Å². The highest BCUT2D eigenvalue weighted by atomic mass is 19.3. The third kappa shape index (κ3) is 4.24. The van der Waals surface area contributed by atoms with Crippen molar-refractivity contribution in [3.05, 3.63) is 29.6 Å². The quantitative estimate of drug-likeness (QED) is 0.465. The number of nitrogens with two attached hydrogens (primary N) is 2. The van der Waals surface area contributed by atoms with Gasteiger partial charge in [-0.25, -0.2) is 4.68 Å². The highest BCUT2D eigenvalue weighted by Gasteiger charge is 2.24. The van der Waals surface area contributed by atoms with Crippen LogP contribution in [0.2, 0.25) is 0 Å². The molecular weight excluding hydrogens is 408 g/mol. The summed E-state index contributed by atoms with van der Waals surface area (Å²) in [5, 5.41) is 18.3. The molecule has 0 saturated heterocycles. The predicted octanol–water partition coefficient (Wildman–Crippen LogP) is 2.45. The van der Waals surface area contributed by atoms with Crippen molar-refractivity contribution >= 4 is 34.3 Å². The van der Waals surface area contributed by atoms with E-state index in [4.69, 9.17) is 11.5 Å². The first-order valence-corrected chi connectivity index (χ1v) is 9.93. The summed E-state index contributed by atoms with van der Waals surface area (Å²) in [7, 11) is 0. The summed E-state index contributed by atoms with van der Waals surface area (Å²) in [5.41, 5.74) is 12.8. The maximum atomic E-state index is 13.3. The first-order valence-electron chi connectivity index (χ1n) is 9.93. The molecule has 10 nitrogen and oxygen atoms in total. The van der Waals surface area contributed by atoms with Crippen molar-refractivity contribution in [3.8, 4) is 0 Å². The van der Waals surface area contributed by atoms with Gasteiger partial charge in [-0.1, -0.05) is 12.8 Å². The van der Waals surface area contributed by atoms with Crippen LogP contribution in [0, 0.1) is 6.92 Å². The Bertz CT molecular complexity index is 1120. The summed E-state index contributed by atoms with van der Waals surface area (Å²) >= 11 is 0. The smallest absolute Gasteiger partial charge is 0.333 e. The molecule has 1 saturated carbocycles. The Hall–Kier alpha value is -3.41. The molecule has 0 radical (unpaired) electrons. The molecule has 164 valence electrons. The van der Waals surface area contributed by atoms with E-state index in [1.165, 1.54) is 12.3 Å². The highest BCUT2D eigenvalue weighted by molar-refractivity contribution is 5.96. The number of hydrogen-bond donors (Lipinski definition) is 4. The normalized spacial score (nSPS) is 19.0. The lowest BCUT2D eigenvalue weighted by atomic mass is 9.91. The molecule has 3 aromatic rings. The standard InChI is InChI=1S/C19H23F2N9O/c1-9-6-10(7-14-11(9)8-24-30(14)18(20)21)25-17-15(16(23)31)28-29-19(27-17)26-13-5-3-2-4-12(13)22/h6-8,12-13,18H,2-5,22H2,1H3,(H2,23,31)(H2,25,26,27,29)/t12-,13+/m0/s1. The van der Waals surface area contributed by atoms with E-state index in [0.29, 0.717) is 15.8 Å². The molecule has 0 spiro atoms. The summed E-state index contributed by atoms with van der Waals surface area (Å²) < 4.78 is 27.2. The summed E-state index contributed by atoms with van der Waals surface area (Å²) in [4.78, 5) is 16.2. The molecule has 31 heavy (non-hydrogen) atoms. The summed E-state index contributed by atoms with van der Waals surface area (Å²) in [5.74, 6) is -0.555. The summed E-state index contributed by atoms with van der Waals surface area (Å²) in [6.07, 6.45) is 5.27. The minimum atomic E-state index is -2.79. The first kappa shape index (κ1) is 20.8. The number of fused-ring (bicyclic) bond motifs is 1. The van der Waals surface area contributed by atoms with Gasteiger partial charge in [-0.2, -0.15) is 18.9 Å². The molecule has 2 heterocycles. The second kappa shape index (κ2) is 8.38. The number of nitrogens with one attached hydrogen (secondary N) is 2. The average molecular weight is 431 g/mol. The molecular formula is C19H23F2N9O. The average Bonchev–Trinajstić information content (AvgIpc) is 3.14. The molecule has 4 rings (SSSR count). The molecule has 6 N–H and O–H groups in total. The van der Waals surface area contributed by atoms with Crippen LogP contribution in [-0.2, 0) is 0 Å². The Labute approximate surface area is 176 Å². The van der Waals surface area contributed by atoms with Crippen molar-refractivity contribution in [2.24, 2.45) is 11.5 Å². The Morgan fingerprint density at radius 2 is 2.03 bits per heavy atom.